The average molecular weight is 355 g/mol. The zero-order valence-electron chi connectivity index (χ0n) is 13.9. The second kappa shape index (κ2) is 6.90. The molecule has 1 amide bonds. The Kier molecular flexibility index (Phi) is 4.67. The molecule has 0 radical (unpaired) electrons. The molecule has 0 saturated carbocycles. The van der Waals surface area contributed by atoms with Gasteiger partial charge in [0, 0.05) is 37.5 Å². The summed E-state index contributed by atoms with van der Waals surface area (Å²) in [5.74, 6) is -0.347. The molecule has 0 aliphatic carbocycles. The number of fused-ring (bicyclic) bond motifs is 1. The number of nitro benzene ring substituents is 1. The van der Waals surface area contributed by atoms with E-state index >= 15 is 0 Å². The van der Waals surface area contributed by atoms with Crippen molar-refractivity contribution in [2.75, 3.05) is 19.0 Å². The van der Waals surface area contributed by atoms with Gasteiger partial charge >= 0.3 is 0 Å². The van der Waals surface area contributed by atoms with Crippen molar-refractivity contribution in [1.82, 2.24) is 5.32 Å². The summed E-state index contributed by atoms with van der Waals surface area (Å²) >= 11 is 1.68. The third-order valence-electron chi connectivity index (χ3n) is 4.04. The SMILES string of the molecule is CNC(=O)c1cc([N+](=O)[O-])ccc1N(C)Cc1csc2ccccc12. The van der Waals surface area contributed by atoms with E-state index in [-0.39, 0.29) is 11.6 Å². The zero-order valence-corrected chi connectivity index (χ0v) is 14.7. The molecule has 3 aromatic rings. The Morgan fingerprint density at radius 3 is 2.76 bits per heavy atom. The number of amides is 1. The number of carbonyl (C=O) groups is 1. The van der Waals surface area contributed by atoms with E-state index in [0.29, 0.717) is 17.8 Å². The van der Waals surface area contributed by atoms with Gasteiger partial charge in [0.2, 0.25) is 0 Å². The summed E-state index contributed by atoms with van der Waals surface area (Å²) in [7, 11) is 3.39. The lowest BCUT2D eigenvalue weighted by Crippen LogP contribution is -2.24. The Bertz CT molecular complexity index is 952. The van der Waals surface area contributed by atoms with E-state index in [0.717, 1.165) is 5.56 Å². The van der Waals surface area contributed by atoms with Gasteiger partial charge in [0.05, 0.1) is 16.2 Å². The number of hydrogen-bond acceptors (Lipinski definition) is 5. The number of carbonyl (C=O) groups excluding carboxylic acids is 1. The first-order chi connectivity index (χ1) is 12.0. The molecule has 0 saturated heterocycles. The normalized spacial score (nSPS) is 10.6. The molecule has 128 valence electrons. The Balaban J connectivity index is 1.97. The molecule has 0 aliphatic heterocycles. The molecular weight excluding hydrogens is 338 g/mol. The van der Waals surface area contributed by atoms with Crippen LogP contribution in [-0.2, 0) is 6.54 Å². The lowest BCUT2D eigenvalue weighted by molar-refractivity contribution is -0.384. The Hall–Kier alpha value is -2.93. The van der Waals surface area contributed by atoms with Crippen molar-refractivity contribution in [2.24, 2.45) is 0 Å². The van der Waals surface area contributed by atoms with E-state index in [1.165, 1.54) is 29.3 Å². The van der Waals surface area contributed by atoms with Gasteiger partial charge in [-0.25, -0.2) is 0 Å². The van der Waals surface area contributed by atoms with Gasteiger partial charge in [-0.3, -0.25) is 14.9 Å². The predicted octanol–water partition coefficient (Wildman–Crippen LogP) is 3.81. The van der Waals surface area contributed by atoms with Crippen molar-refractivity contribution >= 4 is 38.7 Å². The molecule has 25 heavy (non-hydrogen) atoms. The van der Waals surface area contributed by atoms with E-state index < -0.39 is 4.92 Å². The first kappa shape index (κ1) is 16.9. The van der Waals surface area contributed by atoms with Gasteiger partial charge in [0.25, 0.3) is 11.6 Å². The number of benzene rings is 2. The average Bonchev–Trinajstić information content (AvgIpc) is 3.03. The van der Waals surface area contributed by atoms with Crippen LogP contribution in [0, 0.1) is 10.1 Å². The highest BCUT2D eigenvalue weighted by molar-refractivity contribution is 7.17. The predicted molar refractivity (Wildman–Crippen MR) is 100 cm³/mol. The highest BCUT2D eigenvalue weighted by atomic mass is 32.1. The summed E-state index contributed by atoms with van der Waals surface area (Å²) in [6, 6.07) is 12.5. The number of nitrogens with one attached hydrogen (secondary N) is 1. The minimum absolute atomic E-state index is 0.100. The maximum absolute atomic E-state index is 12.2. The first-order valence-electron chi connectivity index (χ1n) is 7.68. The van der Waals surface area contributed by atoms with Crippen LogP contribution in [0.2, 0.25) is 0 Å². The highest BCUT2D eigenvalue weighted by Gasteiger charge is 2.19. The number of anilines is 1. The van der Waals surface area contributed by atoms with Crippen LogP contribution in [-0.4, -0.2) is 24.9 Å². The monoisotopic (exact) mass is 355 g/mol. The van der Waals surface area contributed by atoms with E-state index in [1.807, 2.05) is 24.1 Å². The third-order valence-corrected chi connectivity index (χ3v) is 5.05. The molecule has 0 aliphatic rings. The fraction of sp³-hybridized carbons (Fsp3) is 0.167. The molecule has 0 atom stereocenters. The van der Waals surface area contributed by atoms with Gasteiger partial charge < -0.3 is 10.2 Å². The Morgan fingerprint density at radius 1 is 1.28 bits per heavy atom. The number of non-ortho nitro benzene ring substituents is 1. The molecule has 2 aromatic carbocycles. The van der Waals surface area contributed by atoms with Crippen molar-refractivity contribution < 1.29 is 9.72 Å². The third kappa shape index (κ3) is 3.32. The fourth-order valence-corrected chi connectivity index (χ4v) is 3.74. The largest absolute Gasteiger partial charge is 0.370 e. The van der Waals surface area contributed by atoms with E-state index in [2.05, 4.69) is 22.8 Å². The van der Waals surface area contributed by atoms with E-state index in [4.69, 9.17) is 0 Å². The molecule has 0 unspecified atom stereocenters. The zero-order chi connectivity index (χ0) is 18.0. The van der Waals surface area contributed by atoms with Crippen molar-refractivity contribution in [3.63, 3.8) is 0 Å². The molecule has 6 nitrogen and oxygen atoms in total. The van der Waals surface area contributed by atoms with Crippen LogP contribution in [0.1, 0.15) is 15.9 Å². The molecule has 1 aromatic heterocycles. The lowest BCUT2D eigenvalue weighted by atomic mass is 10.1. The van der Waals surface area contributed by atoms with Crippen LogP contribution in [0.25, 0.3) is 10.1 Å². The van der Waals surface area contributed by atoms with Crippen molar-refractivity contribution in [2.45, 2.75) is 6.54 Å². The van der Waals surface area contributed by atoms with Gasteiger partial charge in [-0.2, -0.15) is 0 Å². The second-order valence-corrected chi connectivity index (χ2v) is 6.56. The van der Waals surface area contributed by atoms with Crippen LogP contribution in [0.4, 0.5) is 11.4 Å². The van der Waals surface area contributed by atoms with Gasteiger partial charge in [-0.05, 0) is 28.5 Å². The van der Waals surface area contributed by atoms with Gasteiger partial charge in [0.15, 0.2) is 0 Å². The quantitative estimate of drug-likeness (QED) is 0.558. The minimum Gasteiger partial charge on any atom is -0.370 e. The number of nitro groups is 1. The molecule has 0 bridgehead atoms. The summed E-state index contributed by atoms with van der Waals surface area (Å²) in [4.78, 5) is 24.6. The van der Waals surface area contributed by atoms with Crippen molar-refractivity contribution in [3.05, 3.63) is 69.1 Å². The first-order valence-corrected chi connectivity index (χ1v) is 8.56. The van der Waals surface area contributed by atoms with Crippen molar-refractivity contribution in [3.8, 4) is 0 Å². The second-order valence-electron chi connectivity index (χ2n) is 5.65. The smallest absolute Gasteiger partial charge is 0.270 e. The summed E-state index contributed by atoms with van der Waals surface area (Å²) in [5, 5.41) is 16.8. The minimum atomic E-state index is -0.497. The number of hydrogen-bond donors (Lipinski definition) is 1. The van der Waals surface area contributed by atoms with E-state index in [1.54, 1.807) is 17.4 Å². The molecule has 1 N–H and O–H groups in total. The summed E-state index contributed by atoms with van der Waals surface area (Å²) < 4.78 is 1.21. The van der Waals surface area contributed by atoms with Crippen LogP contribution in [0.3, 0.4) is 0 Å². The summed E-state index contributed by atoms with van der Waals surface area (Å²) in [5.41, 5.74) is 2.00. The van der Waals surface area contributed by atoms with Crippen LogP contribution in [0.15, 0.2) is 47.8 Å². The van der Waals surface area contributed by atoms with Gasteiger partial charge in [-0.1, -0.05) is 18.2 Å². The molecule has 1 heterocycles. The Labute approximate surface area is 148 Å². The van der Waals surface area contributed by atoms with Gasteiger partial charge in [-0.15, -0.1) is 11.3 Å². The van der Waals surface area contributed by atoms with Crippen LogP contribution >= 0.6 is 11.3 Å². The van der Waals surface area contributed by atoms with Crippen molar-refractivity contribution in [1.29, 1.82) is 0 Å². The maximum Gasteiger partial charge on any atom is 0.270 e. The molecular formula is C18H17N3O3S. The summed E-state index contributed by atoms with van der Waals surface area (Å²) in [6.45, 7) is 0.603. The van der Waals surface area contributed by atoms with Gasteiger partial charge in [0.1, 0.15) is 0 Å². The maximum atomic E-state index is 12.2. The number of nitrogens with zero attached hydrogens (tertiary/aromatic N) is 2. The van der Waals surface area contributed by atoms with E-state index in [9.17, 15) is 14.9 Å². The lowest BCUT2D eigenvalue weighted by Gasteiger charge is -2.21. The standard InChI is InChI=1S/C18H17N3O3S/c1-19-18(22)15-9-13(21(23)24)7-8-16(15)20(2)10-12-11-25-17-6-4-3-5-14(12)17/h3-9,11H,10H2,1-2H3,(H,19,22). The fourth-order valence-electron chi connectivity index (χ4n) is 2.78. The molecule has 0 fully saturated rings. The topological polar surface area (TPSA) is 75.5 Å². The van der Waals surface area contributed by atoms with Crippen LogP contribution < -0.4 is 10.2 Å². The summed E-state index contributed by atoms with van der Waals surface area (Å²) in [6.07, 6.45) is 0. The number of rotatable bonds is 5. The molecule has 0 spiro atoms. The molecule has 7 heteroatoms. The van der Waals surface area contributed by atoms with Crippen LogP contribution in [0.5, 0.6) is 0 Å². The number of thiophene rings is 1. The highest BCUT2D eigenvalue weighted by Crippen LogP contribution is 2.30. The molecule has 3 rings (SSSR count). The Morgan fingerprint density at radius 2 is 2.04 bits per heavy atom.